The summed E-state index contributed by atoms with van der Waals surface area (Å²) < 4.78 is 5.97. The number of nitrogen functional groups attached to an aromatic ring is 1. The summed E-state index contributed by atoms with van der Waals surface area (Å²) in [6, 6.07) is 22.3. The monoisotopic (exact) mass is 292 g/mol. The predicted molar refractivity (Wildman–Crippen MR) is 93.6 cm³/mol. The van der Waals surface area contributed by atoms with Crippen molar-refractivity contribution < 1.29 is 4.74 Å². The Balaban J connectivity index is 1.66. The van der Waals surface area contributed by atoms with Gasteiger partial charge >= 0.3 is 0 Å². The van der Waals surface area contributed by atoms with Crippen molar-refractivity contribution in [1.82, 2.24) is 0 Å². The summed E-state index contributed by atoms with van der Waals surface area (Å²) in [5.41, 5.74) is 7.81. The second-order valence-electron chi connectivity index (χ2n) is 5.31. The molecule has 3 rings (SSSR count). The molecular weight excluding hydrogens is 272 g/mol. The first-order valence-corrected chi connectivity index (χ1v) is 7.42. The lowest BCUT2D eigenvalue weighted by Gasteiger charge is -2.21. The average Bonchev–Trinajstić information content (AvgIpc) is 2.55. The van der Waals surface area contributed by atoms with Crippen molar-refractivity contribution in [3.8, 4) is 5.75 Å². The van der Waals surface area contributed by atoms with Gasteiger partial charge in [0.05, 0.1) is 17.9 Å². The summed E-state index contributed by atoms with van der Waals surface area (Å²) in [6.45, 7) is 1.39. The van der Waals surface area contributed by atoms with Crippen molar-refractivity contribution in [3.63, 3.8) is 0 Å². The number of hydrogen-bond donors (Lipinski definition) is 1. The Morgan fingerprint density at radius 3 is 2.50 bits per heavy atom. The first-order valence-electron chi connectivity index (χ1n) is 7.42. The van der Waals surface area contributed by atoms with E-state index in [4.69, 9.17) is 10.5 Å². The van der Waals surface area contributed by atoms with Crippen molar-refractivity contribution in [3.05, 3.63) is 66.7 Å². The quantitative estimate of drug-likeness (QED) is 0.724. The zero-order valence-corrected chi connectivity index (χ0v) is 12.7. The lowest BCUT2D eigenvalue weighted by Crippen LogP contribution is -2.24. The minimum absolute atomic E-state index is 0.610. The number of fused-ring (bicyclic) bond motifs is 1. The van der Waals surface area contributed by atoms with Crippen LogP contribution in [0, 0.1) is 0 Å². The van der Waals surface area contributed by atoms with Crippen LogP contribution in [0.5, 0.6) is 5.75 Å². The molecule has 2 N–H and O–H groups in total. The maximum atomic E-state index is 6.00. The van der Waals surface area contributed by atoms with Crippen LogP contribution in [-0.2, 0) is 0 Å². The second kappa shape index (κ2) is 6.39. The van der Waals surface area contributed by atoms with Crippen molar-refractivity contribution >= 4 is 22.1 Å². The molecule has 0 radical (unpaired) electrons. The minimum Gasteiger partial charge on any atom is -0.491 e. The van der Waals surface area contributed by atoms with E-state index in [0.717, 1.165) is 29.1 Å². The summed E-state index contributed by atoms with van der Waals surface area (Å²) in [5, 5.41) is 2.34. The van der Waals surface area contributed by atoms with Gasteiger partial charge in [0.15, 0.2) is 0 Å². The van der Waals surface area contributed by atoms with Gasteiger partial charge in [-0.25, -0.2) is 0 Å². The number of rotatable bonds is 5. The number of likely N-dealkylation sites (N-methyl/N-ethyl adjacent to an activating group) is 1. The van der Waals surface area contributed by atoms with Crippen molar-refractivity contribution in [2.75, 3.05) is 30.8 Å². The van der Waals surface area contributed by atoms with Crippen LogP contribution in [0.25, 0.3) is 10.8 Å². The van der Waals surface area contributed by atoms with Gasteiger partial charge in [-0.3, -0.25) is 0 Å². The fraction of sp³-hybridized carbons (Fsp3) is 0.158. The molecular formula is C19H20N2O. The van der Waals surface area contributed by atoms with E-state index in [2.05, 4.69) is 23.1 Å². The van der Waals surface area contributed by atoms with Gasteiger partial charge in [0.2, 0.25) is 0 Å². The average molecular weight is 292 g/mol. The van der Waals surface area contributed by atoms with Crippen LogP contribution in [-0.4, -0.2) is 20.2 Å². The molecule has 3 aromatic carbocycles. The van der Waals surface area contributed by atoms with Gasteiger partial charge in [0, 0.05) is 12.4 Å². The number of anilines is 2. The van der Waals surface area contributed by atoms with Crippen LogP contribution < -0.4 is 15.4 Å². The van der Waals surface area contributed by atoms with Crippen LogP contribution in [0.15, 0.2) is 66.7 Å². The van der Waals surface area contributed by atoms with Gasteiger partial charge in [-0.15, -0.1) is 0 Å². The fourth-order valence-corrected chi connectivity index (χ4v) is 2.57. The highest BCUT2D eigenvalue weighted by molar-refractivity contribution is 5.88. The Morgan fingerprint density at radius 1 is 0.909 bits per heavy atom. The van der Waals surface area contributed by atoms with Gasteiger partial charge in [-0.2, -0.15) is 0 Å². The van der Waals surface area contributed by atoms with Gasteiger partial charge in [-0.05, 0) is 23.6 Å². The molecule has 0 aliphatic rings. The van der Waals surface area contributed by atoms with Crippen LogP contribution in [0.1, 0.15) is 0 Å². The molecule has 112 valence electrons. The zero-order chi connectivity index (χ0) is 15.4. The fourth-order valence-electron chi connectivity index (χ4n) is 2.57. The molecule has 0 aliphatic heterocycles. The van der Waals surface area contributed by atoms with E-state index in [-0.39, 0.29) is 0 Å². The zero-order valence-electron chi connectivity index (χ0n) is 12.7. The Hall–Kier alpha value is -2.68. The van der Waals surface area contributed by atoms with E-state index in [0.29, 0.717) is 6.61 Å². The molecule has 3 aromatic rings. The molecule has 0 spiro atoms. The van der Waals surface area contributed by atoms with E-state index in [9.17, 15) is 0 Å². The van der Waals surface area contributed by atoms with Crippen LogP contribution in [0.4, 0.5) is 11.4 Å². The highest BCUT2D eigenvalue weighted by Gasteiger charge is 2.05. The molecule has 0 amide bonds. The molecule has 0 aliphatic carbocycles. The molecule has 0 atom stereocenters. The Bertz CT molecular complexity index is 765. The van der Waals surface area contributed by atoms with E-state index in [1.165, 1.54) is 5.39 Å². The highest BCUT2D eigenvalue weighted by Crippen LogP contribution is 2.25. The largest absolute Gasteiger partial charge is 0.491 e. The number of ether oxygens (including phenoxy) is 1. The molecule has 0 saturated carbocycles. The summed E-state index contributed by atoms with van der Waals surface area (Å²) in [5.74, 6) is 0.924. The molecule has 3 nitrogen and oxygen atoms in total. The third kappa shape index (κ3) is 2.98. The van der Waals surface area contributed by atoms with E-state index >= 15 is 0 Å². The Labute approximate surface area is 130 Å². The Kier molecular flexibility index (Phi) is 4.15. The number of nitrogens with two attached hydrogens (primary N) is 1. The highest BCUT2D eigenvalue weighted by atomic mass is 16.5. The third-order valence-corrected chi connectivity index (χ3v) is 3.78. The molecule has 0 fully saturated rings. The number of para-hydroxylation sites is 2. The molecule has 22 heavy (non-hydrogen) atoms. The maximum absolute atomic E-state index is 6.00. The normalized spacial score (nSPS) is 10.6. The summed E-state index contributed by atoms with van der Waals surface area (Å²) in [4.78, 5) is 2.11. The molecule has 3 heteroatoms. The molecule has 0 unspecified atom stereocenters. The maximum Gasteiger partial charge on any atom is 0.127 e. The number of benzene rings is 3. The summed E-state index contributed by atoms with van der Waals surface area (Å²) >= 11 is 0. The predicted octanol–water partition coefficient (Wildman–Crippen LogP) is 3.94. The van der Waals surface area contributed by atoms with Gasteiger partial charge < -0.3 is 15.4 Å². The summed E-state index contributed by atoms with van der Waals surface area (Å²) in [7, 11) is 2.03. The molecule has 0 aromatic heterocycles. The standard InChI is InChI=1S/C19H20N2O/c1-21(18-11-5-4-10-17(18)20)13-14-22-19-12-6-8-15-7-2-3-9-16(15)19/h2-12H,13-14,20H2,1H3. The second-order valence-corrected chi connectivity index (χ2v) is 5.31. The van der Waals surface area contributed by atoms with Crippen LogP contribution >= 0.6 is 0 Å². The lowest BCUT2D eigenvalue weighted by molar-refractivity contribution is 0.330. The Morgan fingerprint density at radius 2 is 1.64 bits per heavy atom. The van der Waals surface area contributed by atoms with E-state index < -0.39 is 0 Å². The van der Waals surface area contributed by atoms with Gasteiger partial charge in [0.25, 0.3) is 0 Å². The SMILES string of the molecule is CN(CCOc1cccc2ccccc12)c1ccccc1N. The number of nitrogens with zero attached hydrogens (tertiary/aromatic N) is 1. The van der Waals surface area contributed by atoms with E-state index in [1.54, 1.807) is 0 Å². The smallest absolute Gasteiger partial charge is 0.127 e. The van der Waals surface area contributed by atoms with Crippen LogP contribution in [0.2, 0.25) is 0 Å². The third-order valence-electron chi connectivity index (χ3n) is 3.78. The van der Waals surface area contributed by atoms with Crippen molar-refractivity contribution in [1.29, 1.82) is 0 Å². The number of hydrogen-bond acceptors (Lipinski definition) is 3. The first-order chi connectivity index (χ1) is 10.8. The van der Waals surface area contributed by atoms with Gasteiger partial charge in [0.1, 0.15) is 12.4 Å². The van der Waals surface area contributed by atoms with Gasteiger partial charge in [-0.1, -0.05) is 48.5 Å². The lowest BCUT2D eigenvalue weighted by atomic mass is 10.1. The summed E-state index contributed by atoms with van der Waals surface area (Å²) in [6.07, 6.45) is 0. The van der Waals surface area contributed by atoms with E-state index in [1.807, 2.05) is 55.6 Å². The minimum atomic E-state index is 0.610. The van der Waals surface area contributed by atoms with Crippen LogP contribution in [0.3, 0.4) is 0 Å². The first kappa shape index (κ1) is 14.3. The van der Waals surface area contributed by atoms with Crippen molar-refractivity contribution in [2.45, 2.75) is 0 Å². The molecule has 0 saturated heterocycles. The molecule has 0 heterocycles. The molecule has 0 bridgehead atoms. The topological polar surface area (TPSA) is 38.5 Å². The van der Waals surface area contributed by atoms with Crippen molar-refractivity contribution in [2.24, 2.45) is 0 Å².